The largest absolute Gasteiger partial charge is 0.338 e. The maximum atomic E-state index is 11.5. The van der Waals surface area contributed by atoms with Crippen LogP contribution in [0.5, 0.6) is 0 Å². The van der Waals surface area contributed by atoms with Gasteiger partial charge in [0.25, 0.3) is 5.91 Å². The molecule has 0 radical (unpaired) electrons. The Morgan fingerprint density at radius 1 is 1.53 bits per heavy atom. The summed E-state index contributed by atoms with van der Waals surface area (Å²) in [4.78, 5) is 11.5. The van der Waals surface area contributed by atoms with Gasteiger partial charge in [0.1, 0.15) is 5.69 Å². The number of aryl methyl sites for hydroxylation is 1. The summed E-state index contributed by atoms with van der Waals surface area (Å²) < 4.78 is 2.06. The van der Waals surface area contributed by atoms with Crippen molar-refractivity contribution in [2.24, 2.45) is 5.84 Å². The molecule has 1 aromatic heterocycles. The van der Waals surface area contributed by atoms with Crippen LogP contribution < -0.4 is 11.3 Å². The third kappa shape index (κ3) is 2.21. The predicted molar refractivity (Wildman–Crippen MR) is 60.5 cm³/mol. The first-order chi connectivity index (χ1) is 7.15. The quantitative estimate of drug-likeness (QED) is 0.450. The van der Waals surface area contributed by atoms with Crippen LogP contribution in [-0.4, -0.2) is 10.5 Å². The van der Waals surface area contributed by atoms with Crippen LogP contribution in [0.3, 0.4) is 0 Å². The Hall–Kier alpha value is -1.29. The molecule has 0 fully saturated rings. The summed E-state index contributed by atoms with van der Waals surface area (Å²) in [6, 6.07) is 4.13. The monoisotopic (exact) mass is 209 g/mol. The van der Waals surface area contributed by atoms with E-state index in [9.17, 15) is 4.79 Å². The van der Waals surface area contributed by atoms with E-state index in [1.54, 1.807) is 0 Å². The normalized spacial score (nSPS) is 12.5. The lowest BCUT2D eigenvalue weighted by molar-refractivity contribution is 0.0942. The van der Waals surface area contributed by atoms with E-state index >= 15 is 0 Å². The molecule has 0 aliphatic carbocycles. The fourth-order valence-corrected chi connectivity index (χ4v) is 1.74. The number of rotatable bonds is 4. The van der Waals surface area contributed by atoms with Gasteiger partial charge in [-0.3, -0.25) is 10.2 Å². The molecule has 0 aliphatic heterocycles. The van der Waals surface area contributed by atoms with Crippen LogP contribution in [-0.2, 0) is 6.42 Å². The van der Waals surface area contributed by atoms with Gasteiger partial charge in [0, 0.05) is 11.7 Å². The summed E-state index contributed by atoms with van der Waals surface area (Å²) in [5.41, 5.74) is 3.99. The highest BCUT2D eigenvalue weighted by atomic mass is 16.2. The third-order valence-electron chi connectivity index (χ3n) is 2.76. The molecule has 1 atom stereocenters. The van der Waals surface area contributed by atoms with Crippen molar-refractivity contribution in [2.45, 2.75) is 39.7 Å². The molecule has 84 valence electrons. The standard InChI is InChI=1S/C11H19N3O/c1-4-8(3)14-9(5-2)6-7-10(14)11(15)13-12/h6-8H,4-5,12H2,1-3H3,(H,13,15). The topological polar surface area (TPSA) is 60.1 Å². The molecule has 0 saturated heterocycles. The number of amides is 1. The lowest BCUT2D eigenvalue weighted by Crippen LogP contribution is -2.32. The number of nitrogens with zero attached hydrogens (tertiary/aromatic N) is 1. The predicted octanol–water partition coefficient (Wildman–Crippen LogP) is 1.62. The SMILES string of the molecule is CCc1ccc(C(=O)NN)n1C(C)CC. The van der Waals surface area contributed by atoms with Crippen molar-refractivity contribution < 1.29 is 4.79 Å². The number of hydrazine groups is 1. The lowest BCUT2D eigenvalue weighted by Gasteiger charge is -2.18. The summed E-state index contributed by atoms with van der Waals surface area (Å²) in [7, 11) is 0. The molecule has 1 rings (SSSR count). The summed E-state index contributed by atoms with van der Waals surface area (Å²) in [5, 5.41) is 0. The second-order valence-corrected chi connectivity index (χ2v) is 3.66. The van der Waals surface area contributed by atoms with Gasteiger partial charge in [0.15, 0.2) is 0 Å². The molecule has 0 spiro atoms. The van der Waals surface area contributed by atoms with Crippen LogP contribution >= 0.6 is 0 Å². The van der Waals surface area contributed by atoms with E-state index in [1.165, 1.54) is 5.69 Å². The van der Waals surface area contributed by atoms with E-state index in [0.717, 1.165) is 12.8 Å². The highest BCUT2D eigenvalue weighted by Gasteiger charge is 2.16. The Labute approximate surface area is 90.4 Å². The van der Waals surface area contributed by atoms with Gasteiger partial charge in [0.05, 0.1) is 0 Å². The van der Waals surface area contributed by atoms with E-state index in [0.29, 0.717) is 11.7 Å². The van der Waals surface area contributed by atoms with Gasteiger partial charge >= 0.3 is 0 Å². The maximum Gasteiger partial charge on any atom is 0.281 e. The van der Waals surface area contributed by atoms with Crippen molar-refractivity contribution in [2.75, 3.05) is 0 Å². The van der Waals surface area contributed by atoms with Crippen molar-refractivity contribution in [1.29, 1.82) is 0 Å². The molecule has 0 bridgehead atoms. The van der Waals surface area contributed by atoms with Crippen molar-refractivity contribution in [3.8, 4) is 0 Å². The molecule has 0 aliphatic rings. The van der Waals surface area contributed by atoms with Crippen LogP contribution in [0, 0.1) is 0 Å². The molecule has 1 unspecified atom stereocenters. The Morgan fingerprint density at radius 2 is 2.20 bits per heavy atom. The van der Waals surface area contributed by atoms with Crippen LogP contribution in [0.15, 0.2) is 12.1 Å². The van der Waals surface area contributed by atoms with Crippen molar-refractivity contribution in [1.82, 2.24) is 9.99 Å². The molecule has 4 nitrogen and oxygen atoms in total. The van der Waals surface area contributed by atoms with Crippen molar-refractivity contribution in [3.05, 3.63) is 23.5 Å². The van der Waals surface area contributed by atoms with Crippen molar-refractivity contribution >= 4 is 5.91 Å². The Balaban J connectivity index is 3.16. The third-order valence-corrected chi connectivity index (χ3v) is 2.76. The second kappa shape index (κ2) is 4.98. The van der Waals surface area contributed by atoms with Gasteiger partial charge in [-0.1, -0.05) is 13.8 Å². The Kier molecular flexibility index (Phi) is 3.91. The highest BCUT2D eigenvalue weighted by molar-refractivity contribution is 5.92. The minimum absolute atomic E-state index is 0.227. The van der Waals surface area contributed by atoms with Crippen LogP contribution in [0.1, 0.15) is 49.4 Å². The number of nitrogens with two attached hydrogens (primary N) is 1. The number of nitrogen functional groups attached to an aromatic ring is 1. The second-order valence-electron chi connectivity index (χ2n) is 3.66. The first kappa shape index (κ1) is 11.8. The average Bonchev–Trinajstić information content (AvgIpc) is 2.70. The van der Waals surface area contributed by atoms with Crippen LogP contribution in [0.4, 0.5) is 0 Å². The van der Waals surface area contributed by atoms with Gasteiger partial charge in [-0.15, -0.1) is 0 Å². The summed E-state index contributed by atoms with van der Waals surface area (Å²) >= 11 is 0. The molecule has 3 N–H and O–H groups in total. The first-order valence-corrected chi connectivity index (χ1v) is 5.36. The Bertz CT molecular complexity index is 344. The molecular formula is C11H19N3O. The van der Waals surface area contributed by atoms with Crippen LogP contribution in [0.25, 0.3) is 0 Å². The van der Waals surface area contributed by atoms with E-state index in [4.69, 9.17) is 5.84 Å². The van der Waals surface area contributed by atoms with Crippen molar-refractivity contribution in [3.63, 3.8) is 0 Å². The number of hydrogen-bond donors (Lipinski definition) is 2. The lowest BCUT2D eigenvalue weighted by atomic mass is 10.2. The zero-order valence-corrected chi connectivity index (χ0v) is 9.58. The summed E-state index contributed by atoms with van der Waals surface area (Å²) in [6.45, 7) is 6.29. The maximum absolute atomic E-state index is 11.5. The fraction of sp³-hybridized carbons (Fsp3) is 0.545. The number of hydrogen-bond acceptors (Lipinski definition) is 2. The molecule has 15 heavy (non-hydrogen) atoms. The zero-order chi connectivity index (χ0) is 11.4. The fourth-order valence-electron chi connectivity index (χ4n) is 1.74. The van der Waals surface area contributed by atoms with Gasteiger partial charge in [-0.05, 0) is 31.9 Å². The summed E-state index contributed by atoms with van der Waals surface area (Å²) in [6.07, 6.45) is 1.91. The minimum Gasteiger partial charge on any atom is -0.338 e. The number of carbonyl (C=O) groups excluding carboxylic acids is 1. The number of nitrogens with one attached hydrogen (secondary N) is 1. The smallest absolute Gasteiger partial charge is 0.281 e. The molecule has 1 amide bonds. The zero-order valence-electron chi connectivity index (χ0n) is 9.58. The van der Waals surface area contributed by atoms with Gasteiger partial charge < -0.3 is 4.57 Å². The number of aromatic nitrogens is 1. The molecule has 1 heterocycles. The molecule has 4 heteroatoms. The molecule has 0 aromatic carbocycles. The average molecular weight is 209 g/mol. The molecular weight excluding hydrogens is 190 g/mol. The molecule has 1 aromatic rings. The van der Waals surface area contributed by atoms with Gasteiger partial charge in [-0.2, -0.15) is 0 Å². The van der Waals surface area contributed by atoms with E-state index in [2.05, 4.69) is 30.8 Å². The summed E-state index contributed by atoms with van der Waals surface area (Å²) in [5.74, 6) is 4.93. The Morgan fingerprint density at radius 3 is 2.67 bits per heavy atom. The highest BCUT2D eigenvalue weighted by Crippen LogP contribution is 2.19. The van der Waals surface area contributed by atoms with Crippen LogP contribution in [0.2, 0.25) is 0 Å². The first-order valence-electron chi connectivity index (χ1n) is 5.36. The number of carbonyl (C=O) groups is 1. The van der Waals surface area contributed by atoms with E-state index < -0.39 is 0 Å². The van der Waals surface area contributed by atoms with E-state index in [-0.39, 0.29) is 5.91 Å². The van der Waals surface area contributed by atoms with Gasteiger partial charge in [-0.25, -0.2) is 5.84 Å². The minimum atomic E-state index is -0.227. The molecule has 0 saturated carbocycles. The van der Waals surface area contributed by atoms with E-state index in [1.807, 2.05) is 12.1 Å². The van der Waals surface area contributed by atoms with Gasteiger partial charge in [0.2, 0.25) is 0 Å².